The first-order valence-electron chi connectivity index (χ1n) is 19.5. The van der Waals surface area contributed by atoms with Gasteiger partial charge in [0.1, 0.15) is 25.1 Å². The lowest BCUT2D eigenvalue weighted by Crippen LogP contribution is -2.51. The number of anilines is 2. The van der Waals surface area contributed by atoms with Crippen LogP contribution in [0.1, 0.15) is 94.5 Å². The molecule has 0 unspecified atom stereocenters. The maximum Gasteiger partial charge on any atom is 0.338 e. The van der Waals surface area contributed by atoms with Crippen molar-refractivity contribution >= 4 is 51.9 Å². The monoisotopic (exact) mass is 818 g/mol. The van der Waals surface area contributed by atoms with Crippen LogP contribution in [0.3, 0.4) is 0 Å². The Morgan fingerprint density at radius 1 is 0.898 bits per heavy atom. The Bertz CT molecular complexity index is 2430. The number of esters is 3. The third-order valence-corrected chi connectivity index (χ3v) is 11.4. The molecule has 0 amide bonds. The van der Waals surface area contributed by atoms with Gasteiger partial charge in [-0.15, -0.1) is 0 Å². The summed E-state index contributed by atoms with van der Waals surface area (Å²) in [5.41, 5.74) is -5.11. The molecule has 0 bridgehead atoms. The van der Waals surface area contributed by atoms with E-state index in [0.717, 1.165) is 72.5 Å². The first-order chi connectivity index (χ1) is 28.3. The van der Waals surface area contributed by atoms with Crippen molar-refractivity contribution in [1.29, 1.82) is 0 Å². The lowest BCUT2D eigenvalue weighted by molar-refractivity contribution is -0.174. The first-order valence-corrected chi connectivity index (χ1v) is 19.5. The van der Waals surface area contributed by atoms with Gasteiger partial charge >= 0.3 is 17.9 Å². The summed E-state index contributed by atoms with van der Waals surface area (Å²) in [4.78, 5) is 68.1. The molecule has 0 radical (unpaired) electrons. The molecule has 20 heteroatoms. The minimum atomic E-state index is -2.66. The van der Waals surface area contributed by atoms with E-state index in [0.29, 0.717) is 49.0 Å². The molecule has 0 spiro atoms. The highest BCUT2D eigenvalue weighted by molar-refractivity contribution is 5.94. The van der Waals surface area contributed by atoms with Crippen LogP contribution in [0.2, 0.25) is 0 Å². The number of rotatable bonds is 9. The lowest BCUT2D eigenvalue weighted by Gasteiger charge is -2.37. The van der Waals surface area contributed by atoms with Gasteiger partial charge in [0, 0.05) is 38.5 Å². The maximum absolute atomic E-state index is 17.9. The fourth-order valence-electron chi connectivity index (χ4n) is 8.35. The number of fused-ring (bicyclic) bond motifs is 2. The second-order valence-corrected chi connectivity index (χ2v) is 15.2. The number of benzene rings is 1. The van der Waals surface area contributed by atoms with E-state index in [-0.39, 0.29) is 28.6 Å². The van der Waals surface area contributed by atoms with Crippen LogP contribution in [0, 0.1) is 5.82 Å². The van der Waals surface area contributed by atoms with Gasteiger partial charge in [-0.25, -0.2) is 43.5 Å². The van der Waals surface area contributed by atoms with E-state index in [1.54, 1.807) is 0 Å². The highest BCUT2D eigenvalue weighted by Gasteiger charge is 2.68. The van der Waals surface area contributed by atoms with E-state index in [2.05, 4.69) is 35.2 Å². The third-order valence-electron chi connectivity index (χ3n) is 11.4. The third kappa shape index (κ3) is 6.96. The van der Waals surface area contributed by atoms with Crippen LogP contribution in [-0.2, 0) is 28.5 Å². The average molecular weight is 819 g/mol. The number of nitrogens with zero attached hydrogens (tertiary/aromatic N) is 9. The summed E-state index contributed by atoms with van der Waals surface area (Å²) < 4.78 is 66.4. The molecular weight excluding hydrogens is 774 g/mol. The number of morpholine rings is 1. The Kier molecular flexibility index (Phi) is 10.6. The number of alkyl halides is 1. The van der Waals surface area contributed by atoms with E-state index >= 15 is 8.78 Å². The number of imidazole rings is 2. The Morgan fingerprint density at radius 2 is 1.59 bits per heavy atom. The van der Waals surface area contributed by atoms with Crippen molar-refractivity contribution in [3.63, 3.8) is 0 Å². The predicted molar refractivity (Wildman–Crippen MR) is 205 cm³/mol. The van der Waals surface area contributed by atoms with Crippen molar-refractivity contribution in [3.8, 4) is 11.4 Å². The lowest BCUT2D eigenvalue weighted by atomic mass is 9.79. The Balaban J connectivity index is 1.28. The summed E-state index contributed by atoms with van der Waals surface area (Å²) in [6.45, 7) is 6.49. The van der Waals surface area contributed by atoms with Crippen LogP contribution in [0.15, 0.2) is 31.4 Å². The van der Waals surface area contributed by atoms with Crippen LogP contribution < -0.4 is 15.0 Å². The van der Waals surface area contributed by atoms with Gasteiger partial charge in [-0.3, -0.25) is 18.7 Å². The van der Waals surface area contributed by atoms with Crippen LogP contribution in [0.5, 0.6) is 5.75 Å². The summed E-state index contributed by atoms with van der Waals surface area (Å²) in [5, 5.41) is 3.46. The van der Waals surface area contributed by atoms with Crippen molar-refractivity contribution in [1.82, 2.24) is 39.0 Å². The molecule has 2 aliphatic heterocycles. The second kappa shape index (κ2) is 15.7. The fraction of sp³-hybridized carbons (Fsp3) is 0.513. The molecule has 6 heterocycles. The molecule has 8 rings (SSSR count). The summed E-state index contributed by atoms with van der Waals surface area (Å²) in [5.74, 6) is -3.94. The molecule has 312 valence electrons. The molecule has 1 aromatic carbocycles. The number of nitrogens with one attached hydrogen (secondary N) is 1. The van der Waals surface area contributed by atoms with Crippen molar-refractivity contribution in [2.75, 3.05) is 43.6 Å². The molecule has 1 saturated carbocycles. The molecule has 3 fully saturated rings. The van der Waals surface area contributed by atoms with Gasteiger partial charge in [-0.2, -0.15) is 0 Å². The highest BCUT2D eigenvalue weighted by Crippen LogP contribution is 2.59. The number of hydrogen-bond donors (Lipinski definition) is 1. The zero-order valence-electron chi connectivity index (χ0n) is 33.2. The zero-order valence-corrected chi connectivity index (χ0v) is 33.2. The number of hydrogen-bond acceptors (Lipinski definition) is 16. The second-order valence-electron chi connectivity index (χ2n) is 15.2. The normalized spacial score (nSPS) is 23.9. The number of carbonyl (C=O) groups is 3. The topological polar surface area (TPSA) is 200 Å². The molecule has 5 aromatic rings. The number of halogens is 2. The minimum absolute atomic E-state index is 0.154. The Labute approximate surface area is 336 Å². The summed E-state index contributed by atoms with van der Waals surface area (Å²) in [6, 6.07) is 1.29. The molecule has 1 aliphatic carbocycles. The predicted octanol–water partition coefficient (Wildman–Crippen LogP) is 5.10. The van der Waals surface area contributed by atoms with Crippen molar-refractivity contribution in [2.24, 2.45) is 0 Å². The van der Waals surface area contributed by atoms with E-state index in [1.807, 2.05) is 4.90 Å². The number of aromatic nitrogens is 8. The van der Waals surface area contributed by atoms with Crippen molar-refractivity contribution in [2.45, 2.75) is 95.9 Å². The van der Waals surface area contributed by atoms with Crippen LogP contribution in [-0.4, -0.2) is 108 Å². The van der Waals surface area contributed by atoms with Crippen LogP contribution in [0.25, 0.3) is 28.0 Å². The molecular formula is C39H44F2N10O8. The molecule has 2 saturated heterocycles. The first kappa shape index (κ1) is 39.9. The number of methoxy groups -OCH3 is 1. The van der Waals surface area contributed by atoms with Crippen LogP contribution >= 0.6 is 0 Å². The Morgan fingerprint density at radius 3 is 2.29 bits per heavy atom. The van der Waals surface area contributed by atoms with Gasteiger partial charge in [-0.05, 0) is 32.8 Å². The summed E-state index contributed by atoms with van der Waals surface area (Å²) in [7, 11) is 1.10. The van der Waals surface area contributed by atoms with Gasteiger partial charge in [0.2, 0.25) is 0 Å². The quantitative estimate of drug-likeness (QED) is 0.117. The molecule has 3 aliphatic rings. The van der Waals surface area contributed by atoms with E-state index in [9.17, 15) is 14.4 Å². The maximum atomic E-state index is 17.9. The van der Waals surface area contributed by atoms with Gasteiger partial charge < -0.3 is 33.9 Å². The molecule has 4 atom stereocenters. The fourth-order valence-corrected chi connectivity index (χ4v) is 8.35. The summed E-state index contributed by atoms with van der Waals surface area (Å²) >= 11 is 0. The van der Waals surface area contributed by atoms with E-state index in [4.69, 9.17) is 23.7 Å². The Hall–Kier alpha value is -5.89. The van der Waals surface area contributed by atoms with Gasteiger partial charge in [0.25, 0.3) is 0 Å². The van der Waals surface area contributed by atoms with Gasteiger partial charge in [0.05, 0.1) is 37.9 Å². The SMILES string of the molecule is COC(=O)c1cc(-n2cnc3c(NC4CCCCCC4)ncnc32)c(F)c(OC(C)=O)c1[C@H]1O[C@H](n2cnc3c(N4CCOCC4)ncnc32)[C@](C)(F)[C@@]1(C)OC(C)=O. The van der Waals surface area contributed by atoms with Crippen LogP contribution in [0.4, 0.5) is 20.4 Å². The molecule has 4 aromatic heterocycles. The van der Waals surface area contributed by atoms with E-state index in [1.165, 1.54) is 41.4 Å². The minimum Gasteiger partial charge on any atom is -0.465 e. The summed E-state index contributed by atoms with van der Waals surface area (Å²) in [6.07, 6.45) is 8.09. The van der Waals surface area contributed by atoms with E-state index < -0.39 is 58.6 Å². The molecule has 59 heavy (non-hydrogen) atoms. The standard InChI is InChI=1S/C39H44F2N10O8/c1-21(52)57-30-26(24(36(54)55-5)16-25(27(30)40)50-19-46-28-32(42-17-44-34(28)50)48-23-10-8-6-7-9-11-23)31-39(4,59-22(2)53)38(3,41)37(58-31)51-20-47-29-33(43-18-45-35(29)51)49-12-14-56-15-13-49/h16-20,23,31,37H,6-15H2,1-5H3,(H,42,44,48)/t31-,37+,38+,39+/m1/s1. The van der Waals surface area contributed by atoms with Crippen molar-refractivity contribution in [3.05, 3.63) is 48.3 Å². The van der Waals surface area contributed by atoms with Gasteiger partial charge in [-0.1, -0.05) is 25.7 Å². The van der Waals surface area contributed by atoms with Crippen molar-refractivity contribution < 1.29 is 46.8 Å². The molecule has 1 N–H and O–H groups in total. The molecule has 18 nitrogen and oxygen atoms in total. The highest BCUT2D eigenvalue weighted by atomic mass is 19.1. The number of ether oxygens (including phenoxy) is 5. The average Bonchev–Trinajstić information content (AvgIpc) is 3.81. The zero-order chi connectivity index (χ0) is 41.6. The smallest absolute Gasteiger partial charge is 0.338 e. The van der Waals surface area contributed by atoms with Gasteiger partial charge in [0.15, 0.2) is 63.0 Å². The number of carbonyl (C=O) groups excluding carboxylic acids is 3. The largest absolute Gasteiger partial charge is 0.465 e.